The summed E-state index contributed by atoms with van der Waals surface area (Å²) < 4.78 is 10.4. The van der Waals surface area contributed by atoms with Crippen LogP contribution >= 0.6 is 23.5 Å². The third kappa shape index (κ3) is 8.68. The van der Waals surface area contributed by atoms with E-state index in [1.54, 1.807) is 26.0 Å². The molecule has 0 saturated carbocycles. The van der Waals surface area contributed by atoms with Gasteiger partial charge >= 0.3 is 0 Å². The van der Waals surface area contributed by atoms with Gasteiger partial charge in [0.25, 0.3) is 0 Å². The fourth-order valence-electron chi connectivity index (χ4n) is 3.03. The predicted molar refractivity (Wildman–Crippen MR) is 140 cm³/mol. The lowest BCUT2D eigenvalue weighted by atomic mass is 10.2. The molecule has 33 heavy (non-hydrogen) atoms. The number of para-hydroxylation sites is 1. The molecule has 0 aliphatic carbocycles. The molecule has 0 fully saturated rings. The summed E-state index contributed by atoms with van der Waals surface area (Å²) in [4.78, 5) is 13.5. The van der Waals surface area contributed by atoms with Gasteiger partial charge in [0.1, 0.15) is 11.5 Å². The molecule has 0 saturated heterocycles. The minimum atomic E-state index is -0.0346. The first-order valence-electron chi connectivity index (χ1n) is 10.7. The Morgan fingerprint density at radius 3 is 2.06 bits per heavy atom. The maximum Gasteiger partial charge on any atom is 0.238 e. The summed E-state index contributed by atoms with van der Waals surface area (Å²) in [7, 11) is 3.34. The highest BCUT2D eigenvalue weighted by atomic mass is 32.2. The standard InChI is InChI=1S/C26H30N2O3S2/c1-30-22-11-7-20(8-12-22)18-32-16-15-27-17-26(29)28-24-5-3-4-6-25(24)33-19-21-9-13-23(31-2)14-10-21/h3-14,27H,15-19H2,1-2H3,(H,28,29). The molecular weight excluding hydrogens is 452 g/mol. The third-order valence-electron chi connectivity index (χ3n) is 4.85. The van der Waals surface area contributed by atoms with E-state index in [4.69, 9.17) is 9.47 Å². The summed E-state index contributed by atoms with van der Waals surface area (Å²) in [5, 5.41) is 6.26. The van der Waals surface area contributed by atoms with Gasteiger partial charge in [-0.3, -0.25) is 4.79 Å². The number of benzene rings is 3. The highest BCUT2D eigenvalue weighted by molar-refractivity contribution is 7.98. The number of hydrogen-bond acceptors (Lipinski definition) is 6. The van der Waals surface area contributed by atoms with Crippen LogP contribution in [0.15, 0.2) is 77.7 Å². The first-order valence-corrected chi connectivity index (χ1v) is 12.9. The molecule has 0 radical (unpaired) electrons. The zero-order valence-corrected chi connectivity index (χ0v) is 20.6. The Hall–Kier alpha value is -2.61. The van der Waals surface area contributed by atoms with Crippen molar-refractivity contribution in [1.29, 1.82) is 0 Å². The number of anilines is 1. The second-order valence-corrected chi connectivity index (χ2v) is 9.38. The number of rotatable bonds is 13. The summed E-state index contributed by atoms with van der Waals surface area (Å²) >= 11 is 3.54. The maximum atomic E-state index is 12.4. The molecule has 0 spiro atoms. The van der Waals surface area contributed by atoms with Crippen LogP contribution < -0.4 is 20.1 Å². The second kappa shape index (κ2) is 13.8. The van der Waals surface area contributed by atoms with Gasteiger partial charge in [-0.25, -0.2) is 0 Å². The van der Waals surface area contributed by atoms with E-state index in [0.29, 0.717) is 6.54 Å². The molecule has 174 valence electrons. The monoisotopic (exact) mass is 482 g/mol. The largest absolute Gasteiger partial charge is 0.497 e. The molecule has 5 nitrogen and oxygen atoms in total. The Kier molecular flexibility index (Phi) is 10.5. The van der Waals surface area contributed by atoms with Crippen LogP contribution in [0.1, 0.15) is 11.1 Å². The summed E-state index contributed by atoms with van der Waals surface area (Å²) in [6.07, 6.45) is 0. The average Bonchev–Trinajstić information content (AvgIpc) is 2.86. The number of ether oxygens (including phenoxy) is 2. The minimum absolute atomic E-state index is 0.0346. The molecule has 7 heteroatoms. The fraction of sp³-hybridized carbons (Fsp3) is 0.269. The molecule has 0 aliphatic rings. The van der Waals surface area contributed by atoms with Gasteiger partial charge in [0.15, 0.2) is 0 Å². The van der Waals surface area contributed by atoms with Crippen molar-refractivity contribution >= 4 is 35.1 Å². The third-order valence-corrected chi connectivity index (χ3v) is 7.03. The maximum absolute atomic E-state index is 12.4. The van der Waals surface area contributed by atoms with Gasteiger partial charge in [-0.05, 0) is 47.5 Å². The Morgan fingerprint density at radius 2 is 1.42 bits per heavy atom. The first-order chi connectivity index (χ1) is 16.2. The van der Waals surface area contributed by atoms with Crippen molar-refractivity contribution in [2.75, 3.05) is 38.4 Å². The van der Waals surface area contributed by atoms with Crippen molar-refractivity contribution in [3.63, 3.8) is 0 Å². The summed E-state index contributed by atoms with van der Waals surface area (Å²) in [6.45, 7) is 1.07. The number of methoxy groups -OCH3 is 2. The lowest BCUT2D eigenvalue weighted by molar-refractivity contribution is -0.115. The molecular formula is C26H30N2O3S2. The molecule has 3 aromatic rings. The molecule has 2 N–H and O–H groups in total. The molecule has 0 unspecified atom stereocenters. The van der Waals surface area contributed by atoms with Crippen molar-refractivity contribution in [3.05, 3.63) is 83.9 Å². The molecule has 0 aliphatic heterocycles. The summed E-state index contributed by atoms with van der Waals surface area (Å²) in [5.74, 6) is 4.39. The van der Waals surface area contributed by atoms with Crippen molar-refractivity contribution in [3.8, 4) is 11.5 Å². The van der Waals surface area contributed by atoms with Crippen LogP contribution in [-0.4, -0.2) is 39.0 Å². The van der Waals surface area contributed by atoms with E-state index in [9.17, 15) is 4.79 Å². The fourth-order valence-corrected chi connectivity index (χ4v) is 4.86. The second-order valence-electron chi connectivity index (χ2n) is 7.26. The van der Waals surface area contributed by atoms with Crippen molar-refractivity contribution in [2.45, 2.75) is 16.4 Å². The van der Waals surface area contributed by atoms with E-state index >= 15 is 0 Å². The topological polar surface area (TPSA) is 59.6 Å². The molecule has 0 atom stereocenters. The number of nitrogens with one attached hydrogen (secondary N) is 2. The van der Waals surface area contributed by atoms with Crippen LogP contribution in [0.4, 0.5) is 5.69 Å². The normalized spacial score (nSPS) is 10.6. The molecule has 0 bridgehead atoms. The van der Waals surface area contributed by atoms with Crippen molar-refractivity contribution < 1.29 is 14.3 Å². The van der Waals surface area contributed by atoms with Gasteiger partial charge in [-0.15, -0.1) is 11.8 Å². The highest BCUT2D eigenvalue weighted by Crippen LogP contribution is 2.30. The van der Waals surface area contributed by atoms with Gasteiger partial charge in [0.2, 0.25) is 5.91 Å². The number of carbonyl (C=O) groups is 1. The number of hydrogen-bond donors (Lipinski definition) is 2. The molecule has 0 heterocycles. The van der Waals surface area contributed by atoms with Crippen molar-refractivity contribution in [1.82, 2.24) is 5.32 Å². The predicted octanol–water partition coefficient (Wildman–Crippen LogP) is 5.46. The number of amides is 1. The van der Waals surface area contributed by atoms with Crippen LogP contribution in [0.3, 0.4) is 0 Å². The first kappa shape index (κ1) is 25.0. The Labute approximate surface area is 204 Å². The number of thioether (sulfide) groups is 2. The van der Waals surface area contributed by atoms with E-state index in [2.05, 4.69) is 34.9 Å². The van der Waals surface area contributed by atoms with Gasteiger partial charge < -0.3 is 20.1 Å². The lowest BCUT2D eigenvalue weighted by Crippen LogP contribution is -2.29. The zero-order chi connectivity index (χ0) is 23.3. The highest BCUT2D eigenvalue weighted by Gasteiger charge is 2.07. The molecule has 1 amide bonds. The van der Waals surface area contributed by atoms with Gasteiger partial charge in [-0.1, -0.05) is 36.4 Å². The van der Waals surface area contributed by atoms with Crippen LogP contribution in [0.25, 0.3) is 0 Å². The van der Waals surface area contributed by atoms with Crippen LogP contribution in [0, 0.1) is 0 Å². The smallest absolute Gasteiger partial charge is 0.238 e. The van der Waals surface area contributed by atoms with Crippen LogP contribution in [0.5, 0.6) is 11.5 Å². The average molecular weight is 483 g/mol. The minimum Gasteiger partial charge on any atom is -0.497 e. The van der Waals surface area contributed by atoms with Gasteiger partial charge in [0.05, 0.1) is 26.5 Å². The van der Waals surface area contributed by atoms with E-state index in [0.717, 1.165) is 45.9 Å². The summed E-state index contributed by atoms with van der Waals surface area (Å²) in [5.41, 5.74) is 3.31. The van der Waals surface area contributed by atoms with Crippen molar-refractivity contribution in [2.24, 2.45) is 0 Å². The van der Waals surface area contributed by atoms with Crippen LogP contribution in [-0.2, 0) is 16.3 Å². The van der Waals surface area contributed by atoms with Gasteiger partial charge in [-0.2, -0.15) is 11.8 Å². The Morgan fingerprint density at radius 1 is 0.818 bits per heavy atom. The number of carbonyl (C=O) groups excluding carboxylic acids is 1. The van der Waals surface area contributed by atoms with E-state index < -0.39 is 0 Å². The van der Waals surface area contributed by atoms with Crippen LogP contribution in [0.2, 0.25) is 0 Å². The molecule has 3 aromatic carbocycles. The Bertz CT molecular complexity index is 995. The molecule has 0 aromatic heterocycles. The van der Waals surface area contributed by atoms with E-state index in [1.807, 2.05) is 60.3 Å². The quantitative estimate of drug-likeness (QED) is 0.249. The zero-order valence-electron chi connectivity index (χ0n) is 19.0. The summed E-state index contributed by atoms with van der Waals surface area (Å²) in [6, 6.07) is 24.1. The lowest BCUT2D eigenvalue weighted by Gasteiger charge is -2.11. The van der Waals surface area contributed by atoms with E-state index in [-0.39, 0.29) is 5.91 Å². The molecule has 3 rings (SSSR count). The SMILES string of the molecule is COc1ccc(CSCCNCC(=O)Nc2ccccc2SCc2ccc(OC)cc2)cc1. The van der Waals surface area contributed by atoms with E-state index in [1.165, 1.54) is 11.1 Å². The van der Waals surface area contributed by atoms with Gasteiger partial charge in [0, 0.05) is 28.7 Å². The Balaban J connectivity index is 1.36.